The molecule has 0 radical (unpaired) electrons. The van der Waals surface area contributed by atoms with Gasteiger partial charge in [0, 0.05) is 25.6 Å². The lowest BCUT2D eigenvalue weighted by Gasteiger charge is -2.18. The molecule has 0 spiro atoms. The van der Waals surface area contributed by atoms with E-state index in [-0.39, 0.29) is 0 Å². The molecule has 0 fully saturated rings. The summed E-state index contributed by atoms with van der Waals surface area (Å²) in [5.41, 5.74) is 0.961. The lowest BCUT2D eigenvalue weighted by molar-refractivity contribution is -0.143. The van der Waals surface area contributed by atoms with Crippen LogP contribution in [0, 0.1) is 0 Å². The van der Waals surface area contributed by atoms with Gasteiger partial charge in [0.15, 0.2) is 11.7 Å². The second-order valence-corrected chi connectivity index (χ2v) is 6.29. The van der Waals surface area contributed by atoms with Crippen molar-refractivity contribution in [2.75, 3.05) is 33.7 Å². The minimum absolute atomic E-state index is 0.352. The Bertz CT molecular complexity index is 541. The summed E-state index contributed by atoms with van der Waals surface area (Å²) >= 11 is 0. The molecule has 0 atom stereocenters. The van der Waals surface area contributed by atoms with E-state index in [1.807, 2.05) is 6.07 Å². The zero-order valence-electron chi connectivity index (χ0n) is 16.0. The van der Waals surface area contributed by atoms with Crippen LogP contribution in [0.25, 0.3) is 0 Å². The number of aliphatic imine (C=N–C) groups is 1. The molecule has 1 rings (SSSR count). The number of guanidine groups is 1. The van der Waals surface area contributed by atoms with Crippen molar-refractivity contribution in [2.24, 2.45) is 4.99 Å². The molecule has 1 heterocycles. The van der Waals surface area contributed by atoms with E-state index >= 15 is 0 Å². The lowest BCUT2D eigenvalue weighted by atomic mass is 9.99. The number of hydrogen-bond acceptors (Lipinski definition) is 4. The van der Waals surface area contributed by atoms with Crippen molar-refractivity contribution in [1.82, 2.24) is 20.7 Å². The van der Waals surface area contributed by atoms with Gasteiger partial charge in [-0.15, -0.1) is 0 Å². The van der Waals surface area contributed by atoms with Crippen LogP contribution in [0.5, 0.6) is 0 Å². The fourth-order valence-electron chi connectivity index (χ4n) is 2.64. The maximum Gasteiger partial charge on any atom is 0.401 e. The fourth-order valence-corrected chi connectivity index (χ4v) is 2.64. The summed E-state index contributed by atoms with van der Waals surface area (Å²) in [6.07, 6.45) is -1.55. The topological polar surface area (TPSA) is 65.7 Å². The van der Waals surface area contributed by atoms with Crippen LogP contribution in [-0.4, -0.2) is 55.9 Å². The molecule has 0 saturated carbocycles. The average molecular weight is 377 g/mol. The normalized spacial score (nSPS) is 12.9. The van der Waals surface area contributed by atoms with Gasteiger partial charge >= 0.3 is 6.18 Å². The Labute approximate surface area is 153 Å². The first-order chi connectivity index (χ1) is 12.3. The predicted molar refractivity (Wildman–Crippen MR) is 96.2 cm³/mol. The van der Waals surface area contributed by atoms with E-state index in [4.69, 9.17) is 4.52 Å². The zero-order valence-corrected chi connectivity index (χ0v) is 16.0. The van der Waals surface area contributed by atoms with Crippen molar-refractivity contribution in [2.45, 2.75) is 51.7 Å². The molecule has 0 aliphatic heterocycles. The van der Waals surface area contributed by atoms with Crippen LogP contribution in [0.1, 0.15) is 50.5 Å². The average Bonchev–Trinajstić information content (AvgIpc) is 3.02. The Kier molecular flexibility index (Phi) is 9.47. The van der Waals surface area contributed by atoms with E-state index < -0.39 is 12.7 Å². The van der Waals surface area contributed by atoms with Gasteiger partial charge in [0.1, 0.15) is 0 Å². The third kappa shape index (κ3) is 8.55. The van der Waals surface area contributed by atoms with Crippen LogP contribution in [0.4, 0.5) is 13.2 Å². The molecular weight excluding hydrogens is 347 g/mol. The Morgan fingerprint density at radius 1 is 1.31 bits per heavy atom. The van der Waals surface area contributed by atoms with Gasteiger partial charge < -0.3 is 15.2 Å². The third-order valence-corrected chi connectivity index (χ3v) is 4.09. The SMILES string of the molecule is CCC(CC)c1cc(CNC(=NC)NCCCN(C)CC(F)(F)F)on1. The first-order valence-corrected chi connectivity index (χ1v) is 8.94. The van der Waals surface area contributed by atoms with Crippen molar-refractivity contribution in [3.05, 3.63) is 17.5 Å². The van der Waals surface area contributed by atoms with Crippen LogP contribution in [0.3, 0.4) is 0 Å². The molecule has 0 bridgehead atoms. The summed E-state index contributed by atoms with van der Waals surface area (Å²) in [6.45, 7) is 4.67. The third-order valence-electron chi connectivity index (χ3n) is 4.09. The second kappa shape index (κ2) is 11.1. The fraction of sp³-hybridized carbons (Fsp3) is 0.765. The van der Waals surface area contributed by atoms with E-state index in [9.17, 15) is 13.2 Å². The van der Waals surface area contributed by atoms with Crippen LogP contribution >= 0.6 is 0 Å². The standard InChI is InChI=1S/C17H30F3N5O/c1-5-13(6-2)15-10-14(26-24-15)11-23-16(21-3)22-8-7-9-25(4)12-17(18,19)20/h10,13H,5-9,11-12H2,1-4H3,(H2,21,22,23). The number of nitrogens with zero attached hydrogens (tertiary/aromatic N) is 3. The molecule has 1 aromatic rings. The van der Waals surface area contributed by atoms with Crippen molar-refractivity contribution in [1.29, 1.82) is 0 Å². The number of rotatable bonds is 10. The molecule has 0 saturated heterocycles. The Balaban J connectivity index is 2.31. The molecule has 9 heteroatoms. The van der Waals surface area contributed by atoms with E-state index in [2.05, 4.69) is 34.6 Å². The van der Waals surface area contributed by atoms with Crippen molar-refractivity contribution < 1.29 is 17.7 Å². The highest BCUT2D eigenvalue weighted by atomic mass is 19.4. The number of aromatic nitrogens is 1. The smallest absolute Gasteiger partial charge is 0.359 e. The molecule has 0 aromatic carbocycles. The maximum absolute atomic E-state index is 12.3. The summed E-state index contributed by atoms with van der Waals surface area (Å²) in [6, 6.07) is 1.95. The molecule has 1 aromatic heterocycles. The summed E-state index contributed by atoms with van der Waals surface area (Å²) in [7, 11) is 3.10. The predicted octanol–water partition coefficient (Wildman–Crippen LogP) is 3.13. The second-order valence-electron chi connectivity index (χ2n) is 6.29. The van der Waals surface area contributed by atoms with Gasteiger partial charge in [-0.25, -0.2) is 0 Å². The minimum Gasteiger partial charge on any atom is -0.359 e. The number of alkyl halides is 3. The molecule has 0 amide bonds. The molecular formula is C17H30F3N5O. The van der Waals surface area contributed by atoms with Crippen molar-refractivity contribution >= 4 is 5.96 Å². The molecule has 6 nitrogen and oxygen atoms in total. The first kappa shape index (κ1) is 22.3. The number of halogens is 3. The van der Waals surface area contributed by atoms with Gasteiger partial charge in [0.05, 0.1) is 18.8 Å². The van der Waals surface area contributed by atoms with Crippen molar-refractivity contribution in [3.8, 4) is 0 Å². The highest BCUT2D eigenvalue weighted by Crippen LogP contribution is 2.22. The van der Waals surface area contributed by atoms with Gasteiger partial charge in [-0.05, 0) is 32.9 Å². The Hall–Kier alpha value is -1.77. The number of hydrogen-bond donors (Lipinski definition) is 2. The first-order valence-electron chi connectivity index (χ1n) is 8.94. The Morgan fingerprint density at radius 3 is 2.58 bits per heavy atom. The van der Waals surface area contributed by atoms with Crippen LogP contribution in [0.15, 0.2) is 15.6 Å². The lowest BCUT2D eigenvalue weighted by Crippen LogP contribution is -2.38. The highest BCUT2D eigenvalue weighted by Gasteiger charge is 2.28. The van der Waals surface area contributed by atoms with Gasteiger partial charge in [0.2, 0.25) is 0 Å². The monoisotopic (exact) mass is 377 g/mol. The highest BCUT2D eigenvalue weighted by molar-refractivity contribution is 5.79. The van der Waals surface area contributed by atoms with Gasteiger partial charge in [0.25, 0.3) is 0 Å². The van der Waals surface area contributed by atoms with Crippen molar-refractivity contribution in [3.63, 3.8) is 0 Å². The van der Waals surface area contributed by atoms with E-state index in [0.717, 1.165) is 24.3 Å². The summed E-state index contributed by atoms with van der Waals surface area (Å²) < 4.78 is 42.1. The van der Waals surface area contributed by atoms with E-state index in [1.54, 1.807) is 7.05 Å². The van der Waals surface area contributed by atoms with Crippen LogP contribution in [0.2, 0.25) is 0 Å². The van der Waals surface area contributed by atoms with E-state index in [1.165, 1.54) is 11.9 Å². The Morgan fingerprint density at radius 2 is 2.00 bits per heavy atom. The molecule has 0 aliphatic rings. The van der Waals surface area contributed by atoms with E-state index in [0.29, 0.717) is 37.9 Å². The largest absolute Gasteiger partial charge is 0.401 e. The molecule has 0 aliphatic carbocycles. The minimum atomic E-state index is -4.16. The quantitative estimate of drug-likeness (QED) is 0.373. The van der Waals surface area contributed by atoms with Crippen LogP contribution in [-0.2, 0) is 6.54 Å². The number of nitrogens with one attached hydrogen (secondary N) is 2. The maximum atomic E-state index is 12.3. The summed E-state index contributed by atoms with van der Waals surface area (Å²) in [5.74, 6) is 1.70. The molecule has 2 N–H and O–H groups in total. The van der Waals surface area contributed by atoms with Crippen LogP contribution < -0.4 is 10.6 Å². The summed E-state index contributed by atoms with van der Waals surface area (Å²) in [5, 5.41) is 10.3. The molecule has 0 unspecified atom stereocenters. The van der Waals surface area contributed by atoms with Gasteiger partial charge in [-0.3, -0.25) is 9.89 Å². The molecule has 26 heavy (non-hydrogen) atoms. The van der Waals surface area contributed by atoms with Gasteiger partial charge in [-0.2, -0.15) is 13.2 Å². The summed E-state index contributed by atoms with van der Waals surface area (Å²) in [4.78, 5) is 5.35. The van der Waals surface area contributed by atoms with Gasteiger partial charge in [-0.1, -0.05) is 19.0 Å². The molecule has 150 valence electrons. The zero-order chi connectivity index (χ0) is 19.6.